The van der Waals surface area contributed by atoms with E-state index in [4.69, 9.17) is 17.3 Å². The van der Waals surface area contributed by atoms with Gasteiger partial charge in [0.2, 0.25) is 0 Å². The first-order chi connectivity index (χ1) is 9.66. The molecule has 0 saturated heterocycles. The second-order valence-electron chi connectivity index (χ2n) is 4.18. The first kappa shape index (κ1) is 12.6. The van der Waals surface area contributed by atoms with Gasteiger partial charge in [-0.15, -0.1) is 0 Å². The van der Waals surface area contributed by atoms with E-state index in [9.17, 15) is 4.39 Å². The summed E-state index contributed by atoms with van der Waals surface area (Å²) in [6, 6.07) is 7.91. The van der Waals surface area contributed by atoms with E-state index in [2.05, 4.69) is 9.97 Å². The van der Waals surface area contributed by atoms with Crippen molar-refractivity contribution in [3.8, 4) is 16.9 Å². The van der Waals surface area contributed by atoms with Crippen molar-refractivity contribution < 1.29 is 4.39 Å². The first-order valence-electron chi connectivity index (χ1n) is 5.85. The van der Waals surface area contributed by atoms with Crippen LogP contribution in [0.1, 0.15) is 0 Å². The average molecular weight is 289 g/mol. The number of nitrogens with zero attached hydrogens (tertiary/aromatic N) is 3. The molecule has 100 valence electrons. The Balaban J connectivity index is 2.21. The topological polar surface area (TPSA) is 56.7 Å². The van der Waals surface area contributed by atoms with E-state index < -0.39 is 5.82 Å². The molecule has 2 heterocycles. The van der Waals surface area contributed by atoms with Crippen LogP contribution in [0.4, 0.5) is 10.2 Å². The number of hydrogen-bond donors (Lipinski definition) is 1. The highest BCUT2D eigenvalue weighted by Crippen LogP contribution is 2.28. The van der Waals surface area contributed by atoms with E-state index in [1.54, 1.807) is 29.1 Å². The van der Waals surface area contributed by atoms with Gasteiger partial charge in [0.25, 0.3) is 0 Å². The normalized spacial score (nSPS) is 10.7. The lowest BCUT2D eigenvalue weighted by Crippen LogP contribution is -2.01. The van der Waals surface area contributed by atoms with Crippen molar-refractivity contribution in [3.05, 3.63) is 59.9 Å². The number of hydrogen-bond acceptors (Lipinski definition) is 3. The molecule has 2 aromatic heterocycles. The quantitative estimate of drug-likeness (QED) is 0.787. The number of rotatable bonds is 2. The molecule has 0 aliphatic carbocycles. The maximum Gasteiger partial charge on any atom is 0.147 e. The smallest absolute Gasteiger partial charge is 0.147 e. The van der Waals surface area contributed by atoms with Crippen LogP contribution in [0.2, 0.25) is 5.02 Å². The van der Waals surface area contributed by atoms with Gasteiger partial charge in [0.15, 0.2) is 0 Å². The predicted octanol–water partition coefficient (Wildman–Crippen LogP) is 3.31. The van der Waals surface area contributed by atoms with E-state index >= 15 is 0 Å². The second kappa shape index (κ2) is 4.94. The molecule has 20 heavy (non-hydrogen) atoms. The minimum Gasteiger partial charge on any atom is -0.383 e. The van der Waals surface area contributed by atoms with Gasteiger partial charge in [-0.1, -0.05) is 11.6 Å². The predicted molar refractivity (Wildman–Crippen MR) is 76.2 cm³/mol. The molecular formula is C14H10ClFN4. The fourth-order valence-corrected chi connectivity index (χ4v) is 2.16. The molecule has 0 bridgehead atoms. The molecule has 0 fully saturated rings. The van der Waals surface area contributed by atoms with Crippen molar-refractivity contribution in [2.24, 2.45) is 0 Å². The van der Waals surface area contributed by atoms with Crippen LogP contribution in [0.15, 0.2) is 49.1 Å². The minimum absolute atomic E-state index is 0.313. The Morgan fingerprint density at radius 1 is 1.25 bits per heavy atom. The third kappa shape index (κ3) is 2.12. The fourth-order valence-electron chi connectivity index (χ4n) is 1.99. The van der Waals surface area contributed by atoms with Crippen molar-refractivity contribution in [3.63, 3.8) is 0 Å². The molecule has 0 aliphatic heterocycles. The molecule has 0 amide bonds. The summed E-state index contributed by atoms with van der Waals surface area (Å²) in [5.41, 5.74) is 7.50. The molecular weight excluding hydrogens is 279 g/mol. The van der Waals surface area contributed by atoms with Gasteiger partial charge < -0.3 is 5.73 Å². The van der Waals surface area contributed by atoms with Crippen LogP contribution in [-0.2, 0) is 0 Å². The lowest BCUT2D eigenvalue weighted by Gasteiger charge is -2.10. The lowest BCUT2D eigenvalue weighted by molar-refractivity contribution is 0.618. The van der Waals surface area contributed by atoms with Crippen LogP contribution < -0.4 is 5.73 Å². The molecule has 0 saturated carbocycles. The summed E-state index contributed by atoms with van der Waals surface area (Å²) in [7, 11) is 0. The summed E-state index contributed by atoms with van der Waals surface area (Å²) in [4.78, 5) is 8.08. The Morgan fingerprint density at radius 3 is 2.90 bits per heavy atom. The van der Waals surface area contributed by atoms with E-state index in [1.165, 1.54) is 24.5 Å². The number of anilines is 1. The molecule has 3 rings (SSSR count). The fraction of sp³-hybridized carbons (Fsp3) is 0. The van der Waals surface area contributed by atoms with Crippen molar-refractivity contribution in [1.82, 2.24) is 14.5 Å². The van der Waals surface area contributed by atoms with E-state index in [-0.39, 0.29) is 0 Å². The largest absolute Gasteiger partial charge is 0.383 e. The number of halogens is 2. The molecule has 0 aliphatic rings. The first-order valence-corrected chi connectivity index (χ1v) is 6.23. The zero-order valence-corrected chi connectivity index (χ0v) is 11.0. The summed E-state index contributed by atoms with van der Waals surface area (Å²) in [6.07, 6.45) is 4.71. The summed E-state index contributed by atoms with van der Waals surface area (Å²) in [6.45, 7) is 0. The number of aromatic nitrogens is 3. The Kier molecular flexibility index (Phi) is 3.12. The van der Waals surface area contributed by atoms with Gasteiger partial charge in [0.1, 0.15) is 11.6 Å². The highest BCUT2D eigenvalue weighted by molar-refractivity contribution is 6.30. The van der Waals surface area contributed by atoms with Crippen LogP contribution in [0.3, 0.4) is 0 Å². The van der Waals surface area contributed by atoms with Gasteiger partial charge in [0.05, 0.1) is 23.9 Å². The summed E-state index contributed by atoms with van der Waals surface area (Å²) in [5.74, 6) is -0.0344. The number of nitrogen functional groups attached to an aromatic ring is 1. The molecule has 0 spiro atoms. The molecule has 0 unspecified atom stereocenters. The van der Waals surface area contributed by atoms with Gasteiger partial charge in [-0.3, -0.25) is 4.57 Å². The van der Waals surface area contributed by atoms with Crippen LogP contribution in [0, 0.1) is 5.82 Å². The van der Waals surface area contributed by atoms with E-state index in [0.29, 0.717) is 27.8 Å². The van der Waals surface area contributed by atoms with Crippen molar-refractivity contribution in [2.45, 2.75) is 0 Å². The zero-order valence-electron chi connectivity index (χ0n) is 10.3. The summed E-state index contributed by atoms with van der Waals surface area (Å²) >= 11 is 5.93. The van der Waals surface area contributed by atoms with Gasteiger partial charge in [-0.05, 0) is 30.3 Å². The number of nitrogens with two attached hydrogens (primary N) is 1. The summed E-state index contributed by atoms with van der Waals surface area (Å²) in [5, 5.41) is 0.445. The van der Waals surface area contributed by atoms with Gasteiger partial charge in [-0.2, -0.15) is 0 Å². The van der Waals surface area contributed by atoms with Crippen LogP contribution in [-0.4, -0.2) is 14.5 Å². The van der Waals surface area contributed by atoms with Gasteiger partial charge in [-0.25, -0.2) is 14.4 Å². The molecule has 6 heteroatoms. The Morgan fingerprint density at radius 2 is 2.10 bits per heavy atom. The van der Waals surface area contributed by atoms with E-state index in [1.807, 2.05) is 0 Å². The van der Waals surface area contributed by atoms with Crippen molar-refractivity contribution in [1.29, 1.82) is 0 Å². The highest BCUT2D eigenvalue weighted by atomic mass is 35.5. The number of imidazole rings is 1. The standard InChI is InChI=1S/C14H10ClFN4/c15-9-3-4-11(16)12(6-9)20-8-18-7-13(20)10-2-1-5-19-14(10)17/h1-8H,(H2,17,19). The zero-order chi connectivity index (χ0) is 14.1. The monoisotopic (exact) mass is 288 g/mol. The maximum atomic E-state index is 14.0. The van der Waals surface area contributed by atoms with Crippen molar-refractivity contribution >= 4 is 17.4 Å². The molecule has 2 N–H and O–H groups in total. The average Bonchev–Trinajstić information content (AvgIpc) is 2.91. The highest BCUT2D eigenvalue weighted by Gasteiger charge is 2.13. The number of pyridine rings is 1. The Bertz CT molecular complexity index is 769. The Labute approximate surface area is 119 Å². The van der Waals surface area contributed by atoms with Gasteiger partial charge >= 0.3 is 0 Å². The van der Waals surface area contributed by atoms with Crippen LogP contribution >= 0.6 is 11.6 Å². The minimum atomic E-state index is -0.392. The second-order valence-corrected chi connectivity index (χ2v) is 4.62. The maximum absolute atomic E-state index is 14.0. The van der Waals surface area contributed by atoms with E-state index in [0.717, 1.165) is 0 Å². The molecule has 3 aromatic rings. The molecule has 1 aromatic carbocycles. The molecule has 4 nitrogen and oxygen atoms in total. The lowest BCUT2D eigenvalue weighted by atomic mass is 10.2. The SMILES string of the molecule is Nc1ncccc1-c1cncn1-c1cc(Cl)ccc1F. The molecule has 0 radical (unpaired) electrons. The number of benzene rings is 1. The third-order valence-corrected chi connectivity index (χ3v) is 3.16. The third-order valence-electron chi connectivity index (χ3n) is 2.92. The Hall–Kier alpha value is -2.40. The van der Waals surface area contributed by atoms with Crippen molar-refractivity contribution in [2.75, 3.05) is 5.73 Å². The molecule has 0 atom stereocenters. The van der Waals surface area contributed by atoms with Crippen LogP contribution in [0.5, 0.6) is 0 Å². The summed E-state index contributed by atoms with van der Waals surface area (Å²) < 4.78 is 15.6. The van der Waals surface area contributed by atoms with Gasteiger partial charge in [0, 0.05) is 16.8 Å². The van der Waals surface area contributed by atoms with Crippen LogP contribution in [0.25, 0.3) is 16.9 Å².